The van der Waals surface area contributed by atoms with Crippen LogP contribution in [0.2, 0.25) is 0 Å². The molecular weight excluding hydrogens is 352 g/mol. The Morgan fingerprint density at radius 1 is 1.14 bits per heavy atom. The van der Waals surface area contributed by atoms with E-state index >= 15 is 0 Å². The van der Waals surface area contributed by atoms with Crippen molar-refractivity contribution in [2.75, 3.05) is 32.6 Å². The van der Waals surface area contributed by atoms with Gasteiger partial charge in [-0.3, -0.25) is 4.79 Å². The highest BCUT2D eigenvalue weighted by molar-refractivity contribution is 5.93. The first-order valence-electron chi connectivity index (χ1n) is 9.89. The van der Waals surface area contributed by atoms with E-state index in [1.807, 2.05) is 19.1 Å². The minimum Gasteiger partial charge on any atom is -0.493 e. The average Bonchev–Trinajstić information content (AvgIpc) is 2.68. The van der Waals surface area contributed by atoms with E-state index in [9.17, 15) is 4.79 Å². The minimum absolute atomic E-state index is 0.0649. The fourth-order valence-electron chi connectivity index (χ4n) is 3.93. The third-order valence-corrected chi connectivity index (χ3v) is 5.50. The van der Waals surface area contributed by atoms with Gasteiger partial charge in [0.2, 0.25) is 0 Å². The van der Waals surface area contributed by atoms with Crippen LogP contribution in [0.15, 0.2) is 30.3 Å². The van der Waals surface area contributed by atoms with Crippen molar-refractivity contribution in [1.82, 2.24) is 0 Å². The van der Waals surface area contributed by atoms with E-state index in [0.29, 0.717) is 12.5 Å². The van der Waals surface area contributed by atoms with Gasteiger partial charge in [0.15, 0.2) is 18.0 Å². The molecule has 1 unspecified atom stereocenters. The molecule has 3 rings (SSSR count). The monoisotopic (exact) mass is 383 g/mol. The number of ether oxygens (including phenoxy) is 2. The van der Waals surface area contributed by atoms with Gasteiger partial charge in [-0.2, -0.15) is 0 Å². The second kappa shape index (κ2) is 8.65. The van der Waals surface area contributed by atoms with Gasteiger partial charge in [-0.05, 0) is 41.7 Å². The minimum atomic E-state index is 0.0649. The summed E-state index contributed by atoms with van der Waals surface area (Å²) in [6.07, 6.45) is 0.930. The number of benzene rings is 2. The Morgan fingerprint density at radius 2 is 1.82 bits per heavy atom. The number of amides is 1. The van der Waals surface area contributed by atoms with E-state index in [4.69, 9.17) is 9.47 Å². The number of quaternary nitrogens is 1. The second-order valence-electron chi connectivity index (χ2n) is 7.82. The molecule has 0 aliphatic carbocycles. The average molecular weight is 384 g/mol. The third kappa shape index (κ3) is 4.30. The Labute approximate surface area is 167 Å². The summed E-state index contributed by atoms with van der Waals surface area (Å²) in [4.78, 5) is 14.0. The molecule has 0 aromatic heterocycles. The van der Waals surface area contributed by atoms with Gasteiger partial charge in [-0.1, -0.05) is 32.0 Å². The van der Waals surface area contributed by atoms with E-state index in [1.54, 1.807) is 14.2 Å². The summed E-state index contributed by atoms with van der Waals surface area (Å²) < 4.78 is 10.8. The van der Waals surface area contributed by atoms with E-state index in [-0.39, 0.29) is 5.91 Å². The number of hydrogen-bond acceptors (Lipinski definition) is 3. The highest BCUT2D eigenvalue weighted by Gasteiger charge is 2.24. The van der Waals surface area contributed by atoms with Gasteiger partial charge in [0.1, 0.15) is 6.54 Å². The first-order chi connectivity index (χ1) is 13.4. The molecule has 5 nitrogen and oxygen atoms in total. The summed E-state index contributed by atoms with van der Waals surface area (Å²) in [6, 6.07) is 10.3. The van der Waals surface area contributed by atoms with Gasteiger partial charge in [-0.25, -0.2) is 0 Å². The predicted molar refractivity (Wildman–Crippen MR) is 112 cm³/mol. The molecule has 5 heteroatoms. The summed E-state index contributed by atoms with van der Waals surface area (Å²) in [5.41, 5.74) is 5.76. The van der Waals surface area contributed by atoms with Crippen LogP contribution in [0.4, 0.5) is 5.69 Å². The summed E-state index contributed by atoms with van der Waals surface area (Å²) in [7, 11) is 3.31. The molecule has 1 aliphatic heterocycles. The lowest BCUT2D eigenvalue weighted by Crippen LogP contribution is -3.12. The number of anilines is 1. The fraction of sp³-hybridized carbons (Fsp3) is 0.435. The number of aryl methyl sites for hydroxylation is 1. The lowest BCUT2D eigenvalue weighted by Gasteiger charge is -2.26. The van der Waals surface area contributed by atoms with Crippen molar-refractivity contribution >= 4 is 11.6 Å². The molecule has 2 N–H and O–H groups in total. The first kappa shape index (κ1) is 20.2. The smallest absolute Gasteiger partial charge is 0.279 e. The highest BCUT2D eigenvalue weighted by Crippen LogP contribution is 2.31. The van der Waals surface area contributed by atoms with Crippen LogP contribution < -0.4 is 19.7 Å². The van der Waals surface area contributed by atoms with E-state index in [1.165, 1.54) is 21.6 Å². The molecule has 1 aliphatic rings. The van der Waals surface area contributed by atoms with Gasteiger partial charge in [0.25, 0.3) is 5.91 Å². The number of rotatable bonds is 6. The van der Waals surface area contributed by atoms with Crippen molar-refractivity contribution in [2.45, 2.75) is 39.7 Å². The normalized spacial score (nSPS) is 15.9. The van der Waals surface area contributed by atoms with Crippen LogP contribution in [-0.2, 0) is 17.8 Å². The molecule has 150 valence electrons. The molecule has 1 amide bonds. The summed E-state index contributed by atoms with van der Waals surface area (Å²) >= 11 is 0. The van der Waals surface area contributed by atoms with Crippen molar-refractivity contribution in [1.29, 1.82) is 0 Å². The zero-order valence-electron chi connectivity index (χ0n) is 17.5. The maximum Gasteiger partial charge on any atom is 0.279 e. The number of carbonyl (C=O) groups is 1. The Morgan fingerprint density at radius 3 is 2.46 bits per heavy atom. The Hall–Kier alpha value is -2.53. The maximum absolute atomic E-state index is 12.8. The van der Waals surface area contributed by atoms with Crippen LogP contribution in [0.25, 0.3) is 0 Å². The highest BCUT2D eigenvalue weighted by atomic mass is 16.5. The van der Waals surface area contributed by atoms with Crippen molar-refractivity contribution in [3.05, 3.63) is 52.6 Å². The molecular formula is C23H31N2O3+. The van der Waals surface area contributed by atoms with Crippen LogP contribution in [0, 0.1) is 6.92 Å². The molecule has 0 spiro atoms. The second-order valence-corrected chi connectivity index (χ2v) is 7.82. The number of hydrogen-bond donors (Lipinski definition) is 2. The molecule has 0 radical (unpaired) electrons. The SMILES string of the molecule is COc1cc2c(cc1OC)C[NH+](CC(=O)Nc1c(C)cccc1C(C)C)CC2. The molecule has 28 heavy (non-hydrogen) atoms. The van der Waals surface area contributed by atoms with Crippen molar-refractivity contribution in [2.24, 2.45) is 0 Å². The van der Waals surface area contributed by atoms with E-state index < -0.39 is 0 Å². The number of fused-ring (bicyclic) bond motifs is 1. The van der Waals surface area contributed by atoms with Gasteiger partial charge >= 0.3 is 0 Å². The summed E-state index contributed by atoms with van der Waals surface area (Å²) in [5, 5.41) is 3.17. The van der Waals surface area contributed by atoms with Crippen LogP contribution in [0.1, 0.15) is 42.0 Å². The maximum atomic E-state index is 12.8. The quantitative estimate of drug-likeness (QED) is 0.807. The van der Waals surface area contributed by atoms with E-state index in [2.05, 4.69) is 37.4 Å². The summed E-state index contributed by atoms with van der Waals surface area (Å²) in [5.74, 6) is 1.94. The lowest BCUT2D eigenvalue weighted by atomic mass is 9.98. The fourth-order valence-corrected chi connectivity index (χ4v) is 3.93. The molecule has 2 aromatic rings. The van der Waals surface area contributed by atoms with Gasteiger partial charge < -0.3 is 19.7 Å². The largest absolute Gasteiger partial charge is 0.493 e. The van der Waals surface area contributed by atoms with Crippen LogP contribution >= 0.6 is 0 Å². The zero-order valence-corrected chi connectivity index (χ0v) is 17.5. The molecule has 0 saturated heterocycles. The molecule has 2 aromatic carbocycles. The standard InChI is InChI=1S/C23H30N2O3/c1-15(2)19-8-6-7-16(3)23(19)24-22(26)14-25-10-9-17-11-20(27-4)21(28-5)12-18(17)13-25/h6-8,11-12,15H,9-10,13-14H2,1-5H3,(H,24,26)/p+1. The Kier molecular flexibility index (Phi) is 6.25. The topological polar surface area (TPSA) is 52.0 Å². The molecule has 0 saturated carbocycles. The van der Waals surface area contributed by atoms with Crippen LogP contribution in [0.3, 0.4) is 0 Å². The predicted octanol–water partition coefficient (Wildman–Crippen LogP) is 2.72. The van der Waals surface area contributed by atoms with Crippen molar-refractivity contribution in [3.8, 4) is 11.5 Å². The summed E-state index contributed by atoms with van der Waals surface area (Å²) in [6.45, 7) is 8.55. The van der Waals surface area contributed by atoms with Gasteiger partial charge in [0, 0.05) is 17.7 Å². The van der Waals surface area contributed by atoms with Crippen LogP contribution in [-0.4, -0.2) is 33.2 Å². The third-order valence-electron chi connectivity index (χ3n) is 5.50. The van der Waals surface area contributed by atoms with Crippen molar-refractivity contribution < 1.29 is 19.2 Å². The Bertz CT molecular complexity index is 861. The number of nitrogens with one attached hydrogen (secondary N) is 2. The zero-order chi connectivity index (χ0) is 20.3. The molecule has 0 bridgehead atoms. The van der Waals surface area contributed by atoms with Gasteiger partial charge in [-0.15, -0.1) is 0 Å². The number of methoxy groups -OCH3 is 2. The van der Waals surface area contributed by atoms with Crippen molar-refractivity contribution in [3.63, 3.8) is 0 Å². The first-order valence-corrected chi connectivity index (χ1v) is 9.89. The molecule has 1 heterocycles. The van der Waals surface area contributed by atoms with Crippen LogP contribution in [0.5, 0.6) is 11.5 Å². The molecule has 1 atom stereocenters. The van der Waals surface area contributed by atoms with Gasteiger partial charge in [0.05, 0.1) is 20.8 Å². The van der Waals surface area contributed by atoms with E-state index in [0.717, 1.165) is 42.3 Å². The number of carbonyl (C=O) groups excluding carboxylic acids is 1. The lowest BCUT2D eigenvalue weighted by molar-refractivity contribution is -0.907. The Balaban J connectivity index is 1.70. The molecule has 0 fully saturated rings. The number of para-hydroxylation sites is 1.